The maximum Gasteiger partial charge on any atom is 0.305 e. The lowest BCUT2D eigenvalue weighted by atomic mass is 10.1. The minimum Gasteiger partial charge on any atom is -0.466 e. The lowest BCUT2D eigenvalue weighted by Gasteiger charge is -2.01. The summed E-state index contributed by atoms with van der Waals surface area (Å²) in [6.07, 6.45) is 3.72. The van der Waals surface area contributed by atoms with Crippen LogP contribution in [0, 0.1) is 5.82 Å². The third-order valence-corrected chi connectivity index (χ3v) is 2.86. The molecule has 0 spiro atoms. The molecule has 0 aliphatic rings. The highest BCUT2D eigenvalue weighted by Gasteiger charge is 2.06. The first-order valence-electron chi connectivity index (χ1n) is 6.12. The molecular formula is C14H16FNO2. The summed E-state index contributed by atoms with van der Waals surface area (Å²) >= 11 is 0. The van der Waals surface area contributed by atoms with Crippen LogP contribution >= 0.6 is 0 Å². The fourth-order valence-corrected chi connectivity index (χ4v) is 2.01. The van der Waals surface area contributed by atoms with Crippen molar-refractivity contribution < 1.29 is 13.9 Å². The van der Waals surface area contributed by atoms with E-state index in [1.807, 2.05) is 6.20 Å². The topological polar surface area (TPSA) is 42.1 Å². The predicted octanol–water partition coefficient (Wildman–Crippen LogP) is 3.19. The summed E-state index contributed by atoms with van der Waals surface area (Å²) in [6, 6.07) is 4.67. The van der Waals surface area contributed by atoms with Gasteiger partial charge in [0.25, 0.3) is 0 Å². The van der Waals surface area contributed by atoms with Gasteiger partial charge in [0.05, 0.1) is 6.61 Å². The number of ether oxygens (including phenoxy) is 1. The number of fused-ring (bicyclic) bond motifs is 1. The lowest BCUT2D eigenvalue weighted by Crippen LogP contribution is -2.03. The number of H-pyrrole nitrogens is 1. The maximum atomic E-state index is 13.2. The normalized spacial score (nSPS) is 10.8. The molecule has 0 fully saturated rings. The Balaban J connectivity index is 1.99. The number of carbonyl (C=O) groups is 1. The standard InChI is InChI=1S/C14H16FNO2/c1-2-18-14(17)5-3-4-10-9-16-13-7-6-11(15)8-12(10)13/h6-9,16H,2-5H2,1H3. The summed E-state index contributed by atoms with van der Waals surface area (Å²) in [6.45, 7) is 2.21. The third-order valence-electron chi connectivity index (χ3n) is 2.86. The summed E-state index contributed by atoms with van der Waals surface area (Å²) < 4.78 is 18.0. The maximum absolute atomic E-state index is 13.2. The fourth-order valence-electron chi connectivity index (χ4n) is 2.01. The molecule has 2 rings (SSSR count). The smallest absolute Gasteiger partial charge is 0.305 e. The molecule has 0 atom stereocenters. The van der Waals surface area contributed by atoms with Crippen LogP contribution < -0.4 is 0 Å². The highest BCUT2D eigenvalue weighted by Crippen LogP contribution is 2.21. The van der Waals surface area contributed by atoms with Crippen LogP contribution in [-0.2, 0) is 16.0 Å². The van der Waals surface area contributed by atoms with Crippen LogP contribution in [0.4, 0.5) is 4.39 Å². The van der Waals surface area contributed by atoms with Gasteiger partial charge in [-0.05, 0) is 43.5 Å². The highest BCUT2D eigenvalue weighted by atomic mass is 19.1. The molecule has 1 aromatic heterocycles. The Morgan fingerprint density at radius 2 is 2.28 bits per heavy atom. The zero-order valence-corrected chi connectivity index (χ0v) is 10.3. The van der Waals surface area contributed by atoms with Gasteiger partial charge >= 0.3 is 5.97 Å². The lowest BCUT2D eigenvalue weighted by molar-refractivity contribution is -0.143. The Morgan fingerprint density at radius 3 is 3.06 bits per heavy atom. The van der Waals surface area contributed by atoms with Crippen molar-refractivity contribution in [2.45, 2.75) is 26.2 Å². The van der Waals surface area contributed by atoms with Crippen molar-refractivity contribution in [3.63, 3.8) is 0 Å². The van der Waals surface area contributed by atoms with Gasteiger partial charge in [-0.2, -0.15) is 0 Å². The number of aromatic amines is 1. The molecule has 0 unspecified atom stereocenters. The van der Waals surface area contributed by atoms with Gasteiger partial charge in [0.15, 0.2) is 0 Å². The molecule has 0 amide bonds. The van der Waals surface area contributed by atoms with E-state index in [4.69, 9.17) is 4.74 Å². The summed E-state index contributed by atoms with van der Waals surface area (Å²) in [7, 11) is 0. The van der Waals surface area contributed by atoms with Gasteiger partial charge < -0.3 is 9.72 Å². The minimum atomic E-state index is -0.242. The van der Waals surface area contributed by atoms with E-state index >= 15 is 0 Å². The van der Waals surface area contributed by atoms with Crippen molar-refractivity contribution >= 4 is 16.9 Å². The highest BCUT2D eigenvalue weighted by molar-refractivity contribution is 5.83. The van der Waals surface area contributed by atoms with Crippen LogP contribution in [0.3, 0.4) is 0 Å². The second kappa shape index (κ2) is 5.67. The number of rotatable bonds is 5. The number of aromatic nitrogens is 1. The summed E-state index contributed by atoms with van der Waals surface area (Å²) in [5, 5.41) is 0.888. The van der Waals surface area contributed by atoms with Gasteiger partial charge in [-0.25, -0.2) is 4.39 Å². The van der Waals surface area contributed by atoms with Crippen LogP contribution in [0.1, 0.15) is 25.3 Å². The molecule has 96 valence electrons. The number of hydrogen-bond acceptors (Lipinski definition) is 2. The van der Waals surface area contributed by atoms with Crippen molar-refractivity contribution in [2.75, 3.05) is 6.61 Å². The Hall–Kier alpha value is -1.84. The van der Waals surface area contributed by atoms with Crippen molar-refractivity contribution in [1.29, 1.82) is 0 Å². The number of nitrogens with one attached hydrogen (secondary N) is 1. The Bertz CT molecular complexity index is 548. The van der Waals surface area contributed by atoms with Crippen molar-refractivity contribution in [3.05, 3.63) is 35.8 Å². The summed E-state index contributed by atoms with van der Waals surface area (Å²) in [4.78, 5) is 14.3. The van der Waals surface area contributed by atoms with Crippen molar-refractivity contribution in [3.8, 4) is 0 Å². The zero-order chi connectivity index (χ0) is 13.0. The number of esters is 1. The van der Waals surface area contributed by atoms with Gasteiger partial charge in [-0.15, -0.1) is 0 Å². The van der Waals surface area contributed by atoms with Gasteiger partial charge in [-0.3, -0.25) is 4.79 Å². The molecule has 1 heterocycles. The second-order valence-electron chi connectivity index (χ2n) is 4.16. The molecule has 2 aromatic rings. The number of benzene rings is 1. The molecule has 0 radical (unpaired) electrons. The molecule has 0 aliphatic heterocycles. The average Bonchev–Trinajstić information content (AvgIpc) is 2.72. The van der Waals surface area contributed by atoms with E-state index in [0.717, 1.165) is 22.9 Å². The monoisotopic (exact) mass is 249 g/mol. The minimum absolute atomic E-state index is 0.177. The summed E-state index contributed by atoms with van der Waals surface area (Å²) in [5.41, 5.74) is 1.95. The number of hydrogen-bond donors (Lipinski definition) is 1. The molecule has 4 heteroatoms. The number of halogens is 1. The second-order valence-corrected chi connectivity index (χ2v) is 4.16. The van der Waals surface area contributed by atoms with Crippen LogP contribution in [0.25, 0.3) is 10.9 Å². The Morgan fingerprint density at radius 1 is 1.44 bits per heavy atom. The first-order valence-corrected chi connectivity index (χ1v) is 6.12. The van der Waals surface area contributed by atoms with Crippen LogP contribution in [0.2, 0.25) is 0 Å². The molecule has 1 aromatic carbocycles. The predicted molar refractivity (Wildman–Crippen MR) is 67.8 cm³/mol. The number of aryl methyl sites for hydroxylation is 1. The van der Waals surface area contributed by atoms with Crippen LogP contribution in [0.5, 0.6) is 0 Å². The van der Waals surface area contributed by atoms with Gasteiger partial charge in [0.2, 0.25) is 0 Å². The molecule has 0 aliphatic carbocycles. The Kier molecular flexibility index (Phi) is 3.97. The van der Waals surface area contributed by atoms with Crippen LogP contribution in [0.15, 0.2) is 24.4 Å². The first-order chi connectivity index (χ1) is 8.70. The van der Waals surface area contributed by atoms with Crippen LogP contribution in [-0.4, -0.2) is 17.6 Å². The van der Waals surface area contributed by atoms with E-state index in [2.05, 4.69) is 4.98 Å². The zero-order valence-electron chi connectivity index (χ0n) is 10.3. The quantitative estimate of drug-likeness (QED) is 0.827. The molecular weight excluding hydrogens is 233 g/mol. The molecule has 0 saturated heterocycles. The first kappa shape index (κ1) is 12.6. The largest absolute Gasteiger partial charge is 0.466 e. The SMILES string of the molecule is CCOC(=O)CCCc1c[nH]c2ccc(F)cc12. The fraction of sp³-hybridized carbons (Fsp3) is 0.357. The van der Waals surface area contributed by atoms with E-state index < -0.39 is 0 Å². The van der Waals surface area contributed by atoms with Crippen molar-refractivity contribution in [2.24, 2.45) is 0 Å². The summed E-state index contributed by atoms with van der Waals surface area (Å²) in [5.74, 6) is -0.419. The Labute approximate surface area is 105 Å². The molecule has 3 nitrogen and oxygen atoms in total. The molecule has 0 bridgehead atoms. The van der Waals surface area contributed by atoms with E-state index in [1.165, 1.54) is 12.1 Å². The van der Waals surface area contributed by atoms with E-state index in [-0.39, 0.29) is 11.8 Å². The average molecular weight is 249 g/mol. The third kappa shape index (κ3) is 2.88. The molecule has 0 saturated carbocycles. The van der Waals surface area contributed by atoms with Gasteiger partial charge in [0, 0.05) is 23.5 Å². The van der Waals surface area contributed by atoms with Gasteiger partial charge in [0.1, 0.15) is 5.82 Å². The number of carbonyl (C=O) groups excluding carboxylic acids is 1. The van der Waals surface area contributed by atoms with E-state index in [1.54, 1.807) is 13.0 Å². The molecule has 18 heavy (non-hydrogen) atoms. The van der Waals surface area contributed by atoms with E-state index in [9.17, 15) is 9.18 Å². The van der Waals surface area contributed by atoms with E-state index in [0.29, 0.717) is 19.4 Å². The van der Waals surface area contributed by atoms with Gasteiger partial charge in [-0.1, -0.05) is 0 Å². The molecule has 1 N–H and O–H groups in total. The van der Waals surface area contributed by atoms with Crippen molar-refractivity contribution in [1.82, 2.24) is 4.98 Å².